The summed E-state index contributed by atoms with van der Waals surface area (Å²) in [4.78, 5) is 0. The molecule has 112 valence electrons. The van der Waals surface area contributed by atoms with Crippen LogP contribution in [0.3, 0.4) is 0 Å². The summed E-state index contributed by atoms with van der Waals surface area (Å²) >= 11 is 0. The molecule has 1 unspecified atom stereocenters. The van der Waals surface area contributed by atoms with Gasteiger partial charge < -0.3 is 9.84 Å². The molecule has 1 aromatic carbocycles. The van der Waals surface area contributed by atoms with Crippen molar-refractivity contribution in [3.8, 4) is 0 Å². The van der Waals surface area contributed by atoms with E-state index in [1.54, 1.807) is 7.11 Å². The predicted octanol–water partition coefficient (Wildman–Crippen LogP) is 4.32. The molecule has 2 rings (SSSR count). The number of methoxy groups -OCH3 is 1. The van der Waals surface area contributed by atoms with Gasteiger partial charge in [0.2, 0.25) is 0 Å². The summed E-state index contributed by atoms with van der Waals surface area (Å²) in [5.41, 5.74) is 3.34. The van der Waals surface area contributed by atoms with E-state index in [1.165, 1.54) is 5.56 Å². The van der Waals surface area contributed by atoms with Gasteiger partial charge in [-0.25, -0.2) is 0 Å². The van der Waals surface area contributed by atoms with Gasteiger partial charge in [-0.05, 0) is 56.1 Å². The molecule has 1 aliphatic rings. The number of hydrogen-bond donors (Lipinski definition) is 1. The molecule has 0 amide bonds. The minimum Gasteiger partial charge on any atom is -0.385 e. The maximum atomic E-state index is 10.9. The topological polar surface area (TPSA) is 29.5 Å². The zero-order valence-corrected chi connectivity index (χ0v) is 13.5. The van der Waals surface area contributed by atoms with Crippen molar-refractivity contribution < 1.29 is 9.84 Å². The van der Waals surface area contributed by atoms with Gasteiger partial charge in [-0.1, -0.05) is 37.6 Å². The number of hydrogen-bond acceptors (Lipinski definition) is 2. The minimum atomic E-state index is -0.538. The molecule has 1 fully saturated rings. The lowest BCUT2D eigenvalue weighted by Gasteiger charge is -2.45. The van der Waals surface area contributed by atoms with Crippen LogP contribution in [0.4, 0.5) is 0 Å². The van der Waals surface area contributed by atoms with Crippen molar-refractivity contribution in [2.45, 2.75) is 65.1 Å². The van der Waals surface area contributed by atoms with E-state index in [0.29, 0.717) is 5.41 Å². The first-order valence-corrected chi connectivity index (χ1v) is 7.60. The van der Waals surface area contributed by atoms with Gasteiger partial charge in [-0.2, -0.15) is 0 Å². The Labute approximate surface area is 123 Å². The average Bonchev–Trinajstić information content (AvgIpc) is 2.39. The normalized spacial score (nSPS) is 22.5. The molecule has 1 N–H and O–H groups in total. The van der Waals surface area contributed by atoms with Crippen molar-refractivity contribution in [2.24, 2.45) is 5.41 Å². The van der Waals surface area contributed by atoms with Gasteiger partial charge in [-0.3, -0.25) is 0 Å². The van der Waals surface area contributed by atoms with Crippen LogP contribution >= 0.6 is 0 Å². The maximum Gasteiger partial charge on any atom is 0.108 e. The molecule has 1 atom stereocenters. The van der Waals surface area contributed by atoms with E-state index in [4.69, 9.17) is 4.74 Å². The second-order valence-corrected chi connectivity index (χ2v) is 7.20. The van der Waals surface area contributed by atoms with E-state index < -0.39 is 11.7 Å². The molecule has 0 heterocycles. The Morgan fingerprint density at radius 1 is 1.10 bits per heavy atom. The third-order valence-corrected chi connectivity index (χ3v) is 5.07. The molecule has 1 aliphatic carbocycles. The van der Waals surface area contributed by atoms with E-state index in [0.717, 1.165) is 36.8 Å². The summed E-state index contributed by atoms with van der Waals surface area (Å²) in [6, 6.07) is 6.26. The Morgan fingerprint density at radius 2 is 1.70 bits per heavy atom. The molecule has 1 aromatic rings. The molecule has 0 bridgehead atoms. The fourth-order valence-electron chi connectivity index (χ4n) is 3.35. The molecule has 2 nitrogen and oxygen atoms in total. The highest BCUT2D eigenvalue weighted by molar-refractivity contribution is 5.33. The van der Waals surface area contributed by atoms with Gasteiger partial charge in [-0.15, -0.1) is 0 Å². The van der Waals surface area contributed by atoms with E-state index >= 15 is 0 Å². The van der Waals surface area contributed by atoms with Crippen LogP contribution in [0, 0.1) is 19.3 Å². The first kappa shape index (κ1) is 15.5. The van der Waals surface area contributed by atoms with E-state index in [2.05, 4.69) is 45.9 Å². The Morgan fingerprint density at radius 3 is 2.20 bits per heavy atom. The van der Waals surface area contributed by atoms with Crippen LogP contribution in [-0.2, 0) is 4.74 Å². The Bertz CT molecular complexity index is 466. The highest BCUT2D eigenvalue weighted by Gasteiger charge is 2.44. The van der Waals surface area contributed by atoms with Gasteiger partial charge >= 0.3 is 0 Å². The van der Waals surface area contributed by atoms with Crippen LogP contribution in [0.1, 0.15) is 62.3 Å². The first-order valence-electron chi connectivity index (χ1n) is 7.60. The molecule has 20 heavy (non-hydrogen) atoms. The van der Waals surface area contributed by atoms with E-state index in [-0.39, 0.29) is 0 Å². The van der Waals surface area contributed by atoms with Crippen molar-refractivity contribution in [1.29, 1.82) is 0 Å². The molecule has 1 saturated carbocycles. The van der Waals surface area contributed by atoms with Crippen LogP contribution in [0.2, 0.25) is 0 Å². The van der Waals surface area contributed by atoms with E-state index in [1.807, 2.05) is 0 Å². The van der Waals surface area contributed by atoms with Crippen molar-refractivity contribution in [1.82, 2.24) is 0 Å². The van der Waals surface area contributed by atoms with Gasteiger partial charge in [0, 0.05) is 7.11 Å². The molecule has 0 spiro atoms. The van der Waals surface area contributed by atoms with Crippen LogP contribution in [-0.4, -0.2) is 17.8 Å². The van der Waals surface area contributed by atoms with Gasteiger partial charge in [0.15, 0.2) is 0 Å². The summed E-state index contributed by atoms with van der Waals surface area (Å²) in [5, 5.41) is 10.9. The highest BCUT2D eigenvalue weighted by atomic mass is 16.5. The van der Waals surface area contributed by atoms with Crippen LogP contribution in [0.25, 0.3) is 0 Å². The predicted molar refractivity (Wildman–Crippen MR) is 82.9 cm³/mol. The lowest BCUT2D eigenvalue weighted by atomic mass is 9.68. The SMILES string of the molecule is COC1(C(O)c2ccc(C)cc2C)CCC(C)(C)CC1. The molecule has 0 aliphatic heterocycles. The largest absolute Gasteiger partial charge is 0.385 e. The van der Waals surface area contributed by atoms with Crippen LogP contribution < -0.4 is 0 Å². The molecular formula is C18H28O2. The Kier molecular flexibility index (Phi) is 4.27. The van der Waals surface area contributed by atoms with Crippen LogP contribution in [0.15, 0.2) is 18.2 Å². The number of rotatable bonds is 3. The summed E-state index contributed by atoms with van der Waals surface area (Å²) < 4.78 is 5.82. The monoisotopic (exact) mass is 276 g/mol. The first-order chi connectivity index (χ1) is 9.30. The van der Waals surface area contributed by atoms with Gasteiger partial charge in [0.05, 0.1) is 5.60 Å². The molecular weight excluding hydrogens is 248 g/mol. The smallest absolute Gasteiger partial charge is 0.108 e. The van der Waals surface area contributed by atoms with E-state index in [9.17, 15) is 5.11 Å². The lowest BCUT2D eigenvalue weighted by molar-refractivity contribution is -0.138. The lowest BCUT2D eigenvalue weighted by Crippen LogP contribution is -2.44. The van der Waals surface area contributed by atoms with Crippen molar-refractivity contribution in [2.75, 3.05) is 7.11 Å². The second-order valence-electron chi connectivity index (χ2n) is 7.20. The summed E-state index contributed by atoms with van der Waals surface area (Å²) in [7, 11) is 1.74. The second kappa shape index (κ2) is 5.50. The molecule has 0 aromatic heterocycles. The average molecular weight is 276 g/mol. The molecule has 0 radical (unpaired) electrons. The zero-order valence-electron chi connectivity index (χ0n) is 13.5. The maximum absolute atomic E-state index is 10.9. The van der Waals surface area contributed by atoms with Crippen molar-refractivity contribution in [3.05, 3.63) is 34.9 Å². The number of aliphatic hydroxyl groups excluding tert-OH is 1. The molecule has 0 saturated heterocycles. The summed E-state index contributed by atoms with van der Waals surface area (Å²) in [6.07, 6.45) is 3.51. The zero-order chi connectivity index (χ0) is 15.0. The Hall–Kier alpha value is -0.860. The number of aryl methyl sites for hydroxylation is 2. The third kappa shape index (κ3) is 2.91. The fraction of sp³-hybridized carbons (Fsp3) is 0.667. The Balaban J connectivity index is 2.27. The minimum absolute atomic E-state index is 0.365. The third-order valence-electron chi connectivity index (χ3n) is 5.07. The quantitative estimate of drug-likeness (QED) is 0.890. The summed E-state index contributed by atoms with van der Waals surface area (Å²) in [6.45, 7) is 8.76. The number of ether oxygens (including phenoxy) is 1. The number of benzene rings is 1. The standard InChI is InChI=1S/C18H28O2/c1-13-6-7-15(14(2)12-13)16(19)18(20-5)10-8-17(3,4)9-11-18/h6-7,12,16,19H,8-11H2,1-5H3. The van der Waals surface area contributed by atoms with Gasteiger partial charge in [0.1, 0.15) is 6.10 Å². The fourth-order valence-corrected chi connectivity index (χ4v) is 3.35. The number of aliphatic hydroxyl groups is 1. The summed E-state index contributed by atoms with van der Waals surface area (Å²) in [5.74, 6) is 0. The van der Waals surface area contributed by atoms with Crippen molar-refractivity contribution in [3.63, 3.8) is 0 Å². The van der Waals surface area contributed by atoms with Crippen LogP contribution in [0.5, 0.6) is 0 Å². The van der Waals surface area contributed by atoms with Crippen molar-refractivity contribution >= 4 is 0 Å². The molecule has 2 heteroatoms. The highest BCUT2D eigenvalue weighted by Crippen LogP contribution is 2.47. The van der Waals surface area contributed by atoms with Gasteiger partial charge in [0.25, 0.3) is 0 Å².